The minimum atomic E-state index is -2.47. The smallest absolute Gasteiger partial charge is 0.263 e. The van der Waals surface area contributed by atoms with Crippen LogP contribution in [0, 0.1) is 11.3 Å². The van der Waals surface area contributed by atoms with E-state index < -0.39 is 6.64 Å². The summed E-state index contributed by atoms with van der Waals surface area (Å²) >= 11 is 5.51. The number of rotatable bonds is 11. The van der Waals surface area contributed by atoms with Gasteiger partial charge in [0.05, 0.1) is 25.7 Å². The lowest BCUT2D eigenvalue weighted by atomic mass is 10.3. The summed E-state index contributed by atoms with van der Waals surface area (Å²) in [5.74, 6) is 0. The molecule has 0 aromatic heterocycles. The first-order valence-electron chi connectivity index (χ1n) is 6.27. The molecule has 0 heterocycles. The number of nitriles is 1. The summed E-state index contributed by atoms with van der Waals surface area (Å²) in [5.41, 5.74) is 0. The SMILES string of the molecule is CCN(CC)P(=S)(OCCC#N)OCCCCO. The molecule has 7 heteroatoms. The molecule has 0 fully saturated rings. The van der Waals surface area contributed by atoms with Gasteiger partial charge in [-0.1, -0.05) is 13.8 Å². The van der Waals surface area contributed by atoms with Gasteiger partial charge in [0.25, 0.3) is 6.64 Å². The Bertz CT molecular complexity index is 293. The predicted octanol–water partition coefficient (Wildman–Crippen LogP) is 2.27. The van der Waals surface area contributed by atoms with E-state index in [1.807, 2.05) is 24.6 Å². The van der Waals surface area contributed by atoms with Crippen molar-refractivity contribution in [1.29, 1.82) is 5.26 Å². The minimum absolute atomic E-state index is 0.160. The zero-order valence-corrected chi connectivity index (χ0v) is 12.9. The summed E-state index contributed by atoms with van der Waals surface area (Å²) < 4.78 is 13.4. The summed E-state index contributed by atoms with van der Waals surface area (Å²) in [6.45, 7) is 4.04. The molecule has 0 radical (unpaired) electrons. The van der Waals surface area contributed by atoms with E-state index in [0.29, 0.717) is 26.1 Å². The molecule has 0 aliphatic heterocycles. The standard InChI is InChI=1S/C11H23N2O3PS/c1-3-13(4-2)17(18,16-11-7-8-12)15-10-6-5-9-14/h14H,3-7,9-11H2,1-2H3. The maximum absolute atomic E-state index is 8.72. The van der Waals surface area contributed by atoms with Crippen molar-refractivity contribution in [3.63, 3.8) is 0 Å². The van der Waals surface area contributed by atoms with Gasteiger partial charge in [-0.05, 0) is 24.6 Å². The van der Waals surface area contributed by atoms with E-state index in [4.69, 9.17) is 31.2 Å². The fraction of sp³-hybridized carbons (Fsp3) is 0.909. The normalized spacial score (nSPS) is 14.4. The summed E-state index contributed by atoms with van der Waals surface area (Å²) in [7, 11) is 0. The minimum Gasteiger partial charge on any atom is -0.396 e. The van der Waals surface area contributed by atoms with Crippen LogP contribution in [0.4, 0.5) is 0 Å². The van der Waals surface area contributed by atoms with Gasteiger partial charge >= 0.3 is 0 Å². The molecule has 0 aromatic rings. The van der Waals surface area contributed by atoms with Crippen LogP contribution in [0.15, 0.2) is 0 Å². The van der Waals surface area contributed by atoms with Crippen LogP contribution in [0.1, 0.15) is 33.1 Å². The summed E-state index contributed by atoms with van der Waals surface area (Å²) in [5, 5.41) is 17.2. The van der Waals surface area contributed by atoms with Crippen molar-refractivity contribution >= 4 is 18.4 Å². The van der Waals surface area contributed by atoms with E-state index in [2.05, 4.69) is 0 Å². The quantitative estimate of drug-likeness (QED) is 0.466. The van der Waals surface area contributed by atoms with Crippen molar-refractivity contribution in [2.24, 2.45) is 0 Å². The van der Waals surface area contributed by atoms with E-state index >= 15 is 0 Å². The number of aliphatic hydroxyl groups is 1. The molecular weight excluding hydrogens is 271 g/mol. The summed E-state index contributed by atoms with van der Waals surface area (Å²) in [6, 6.07) is 2.03. The molecule has 0 amide bonds. The van der Waals surface area contributed by atoms with Crippen molar-refractivity contribution in [3.05, 3.63) is 0 Å². The Morgan fingerprint density at radius 2 is 1.83 bits per heavy atom. The highest BCUT2D eigenvalue weighted by molar-refractivity contribution is 8.08. The van der Waals surface area contributed by atoms with Crippen molar-refractivity contribution in [3.8, 4) is 6.07 Å². The fourth-order valence-electron chi connectivity index (χ4n) is 1.37. The van der Waals surface area contributed by atoms with Gasteiger partial charge in [-0.2, -0.15) is 5.26 Å². The molecule has 0 saturated heterocycles. The molecule has 1 unspecified atom stereocenters. The Labute approximate surface area is 115 Å². The van der Waals surface area contributed by atoms with Crippen LogP contribution in [0.2, 0.25) is 0 Å². The molecular formula is C11H23N2O3PS. The number of nitrogens with zero attached hydrogens (tertiary/aromatic N) is 2. The number of hydrogen-bond acceptors (Lipinski definition) is 5. The molecule has 0 spiro atoms. The van der Waals surface area contributed by atoms with Crippen LogP contribution in [0.3, 0.4) is 0 Å². The second-order valence-corrected chi connectivity index (χ2v) is 7.02. The third-order valence-electron chi connectivity index (χ3n) is 2.35. The molecule has 0 rings (SSSR count). The maximum atomic E-state index is 8.72. The molecule has 0 aliphatic carbocycles. The molecule has 0 saturated carbocycles. The van der Waals surface area contributed by atoms with Gasteiger partial charge in [0, 0.05) is 19.7 Å². The third-order valence-corrected chi connectivity index (χ3v) is 5.95. The van der Waals surface area contributed by atoms with Gasteiger partial charge in [0.2, 0.25) is 0 Å². The van der Waals surface area contributed by atoms with E-state index in [1.165, 1.54) is 0 Å². The number of unbranched alkanes of at least 4 members (excludes halogenated alkanes) is 1. The lowest BCUT2D eigenvalue weighted by Crippen LogP contribution is -2.23. The Morgan fingerprint density at radius 1 is 1.22 bits per heavy atom. The average Bonchev–Trinajstić information content (AvgIpc) is 2.36. The van der Waals surface area contributed by atoms with Crippen molar-refractivity contribution < 1.29 is 14.2 Å². The Balaban J connectivity index is 4.39. The molecule has 1 N–H and O–H groups in total. The fourth-order valence-corrected chi connectivity index (χ4v) is 4.29. The molecule has 0 aromatic carbocycles. The van der Waals surface area contributed by atoms with Gasteiger partial charge in [-0.25, -0.2) is 4.67 Å². The first-order valence-corrected chi connectivity index (χ1v) is 8.86. The average molecular weight is 294 g/mol. The van der Waals surface area contributed by atoms with Crippen LogP contribution in [-0.4, -0.2) is 42.7 Å². The highest BCUT2D eigenvalue weighted by Crippen LogP contribution is 2.52. The van der Waals surface area contributed by atoms with Crippen molar-refractivity contribution in [2.75, 3.05) is 32.9 Å². The highest BCUT2D eigenvalue weighted by atomic mass is 32.5. The van der Waals surface area contributed by atoms with Crippen LogP contribution in [0.25, 0.3) is 0 Å². The summed E-state index contributed by atoms with van der Waals surface area (Å²) in [4.78, 5) is 0. The molecule has 0 aliphatic rings. The Hall–Kier alpha value is -0.0200. The zero-order chi connectivity index (χ0) is 13.9. The van der Waals surface area contributed by atoms with Gasteiger partial charge in [0.15, 0.2) is 0 Å². The van der Waals surface area contributed by atoms with Gasteiger partial charge < -0.3 is 14.2 Å². The second kappa shape index (κ2) is 10.9. The number of aliphatic hydroxyl groups excluding tert-OH is 1. The lowest BCUT2D eigenvalue weighted by molar-refractivity contribution is 0.197. The first-order chi connectivity index (χ1) is 8.64. The Morgan fingerprint density at radius 3 is 2.33 bits per heavy atom. The Kier molecular flexibility index (Phi) is 10.8. The van der Waals surface area contributed by atoms with Crippen LogP contribution < -0.4 is 0 Å². The molecule has 0 bridgehead atoms. The molecule has 1 atom stereocenters. The molecule has 5 nitrogen and oxygen atoms in total. The van der Waals surface area contributed by atoms with E-state index in [-0.39, 0.29) is 6.61 Å². The molecule has 18 heavy (non-hydrogen) atoms. The van der Waals surface area contributed by atoms with Crippen LogP contribution in [-0.2, 0) is 20.9 Å². The summed E-state index contributed by atoms with van der Waals surface area (Å²) in [6.07, 6.45) is 1.78. The highest BCUT2D eigenvalue weighted by Gasteiger charge is 2.25. The molecule has 106 valence electrons. The van der Waals surface area contributed by atoms with Gasteiger partial charge in [-0.3, -0.25) is 0 Å². The van der Waals surface area contributed by atoms with Crippen LogP contribution >= 0.6 is 6.64 Å². The lowest BCUT2D eigenvalue weighted by Gasteiger charge is -2.31. The monoisotopic (exact) mass is 294 g/mol. The van der Waals surface area contributed by atoms with Crippen LogP contribution in [0.5, 0.6) is 0 Å². The first kappa shape index (κ1) is 18.0. The van der Waals surface area contributed by atoms with Crippen molar-refractivity contribution in [1.82, 2.24) is 4.67 Å². The van der Waals surface area contributed by atoms with E-state index in [0.717, 1.165) is 19.5 Å². The number of hydrogen-bond donors (Lipinski definition) is 1. The third kappa shape index (κ3) is 6.79. The largest absolute Gasteiger partial charge is 0.396 e. The van der Waals surface area contributed by atoms with Gasteiger partial charge in [-0.15, -0.1) is 0 Å². The van der Waals surface area contributed by atoms with Crippen molar-refractivity contribution in [2.45, 2.75) is 33.1 Å². The maximum Gasteiger partial charge on any atom is 0.263 e. The van der Waals surface area contributed by atoms with E-state index in [1.54, 1.807) is 0 Å². The van der Waals surface area contributed by atoms with E-state index in [9.17, 15) is 0 Å². The van der Waals surface area contributed by atoms with Gasteiger partial charge in [0.1, 0.15) is 0 Å². The zero-order valence-electron chi connectivity index (χ0n) is 11.2. The topological polar surface area (TPSA) is 65.7 Å². The second-order valence-electron chi connectivity index (χ2n) is 3.61. The predicted molar refractivity (Wildman–Crippen MR) is 75.7 cm³/mol.